The predicted octanol–water partition coefficient (Wildman–Crippen LogP) is 4.77. The summed E-state index contributed by atoms with van der Waals surface area (Å²) < 4.78 is 25.7. The van der Waals surface area contributed by atoms with E-state index in [0.717, 1.165) is 25.7 Å². The average molecular weight is 521 g/mol. The maximum Gasteiger partial charge on any atom is 0.230 e. The Hall–Kier alpha value is -3.63. The number of ether oxygens (including phenoxy) is 2. The molecule has 200 valence electrons. The number of aromatic nitrogens is 4. The Morgan fingerprint density at radius 3 is 2.61 bits per heavy atom. The van der Waals surface area contributed by atoms with Crippen LogP contribution in [0.4, 0.5) is 10.3 Å². The van der Waals surface area contributed by atoms with E-state index in [2.05, 4.69) is 32.2 Å². The third-order valence-corrected chi connectivity index (χ3v) is 6.97. The summed E-state index contributed by atoms with van der Waals surface area (Å²) in [5.41, 5.74) is 1.70. The Labute approximate surface area is 221 Å². The Bertz CT molecular complexity index is 1260. The van der Waals surface area contributed by atoms with Crippen molar-refractivity contribution in [3.63, 3.8) is 0 Å². The van der Waals surface area contributed by atoms with E-state index in [1.807, 2.05) is 6.92 Å². The number of carbonyl (C=O) groups excluding carboxylic acids is 1. The van der Waals surface area contributed by atoms with Crippen LogP contribution < -0.4 is 10.6 Å². The van der Waals surface area contributed by atoms with E-state index in [4.69, 9.17) is 14.5 Å². The van der Waals surface area contributed by atoms with Gasteiger partial charge in [0.1, 0.15) is 5.82 Å². The number of nitrogens with zero attached hydrogens (tertiary/aromatic N) is 3. The van der Waals surface area contributed by atoms with Crippen molar-refractivity contribution in [1.82, 2.24) is 25.3 Å². The first-order chi connectivity index (χ1) is 18.4. The third kappa shape index (κ3) is 5.76. The zero-order valence-electron chi connectivity index (χ0n) is 21.5. The molecular formula is C28H33FN6O3. The highest BCUT2D eigenvalue weighted by atomic mass is 19.1. The van der Waals surface area contributed by atoms with Gasteiger partial charge in [-0.3, -0.25) is 4.79 Å². The highest BCUT2D eigenvalue weighted by molar-refractivity contribution is 5.83. The van der Waals surface area contributed by atoms with Crippen molar-refractivity contribution in [1.29, 1.82) is 0 Å². The van der Waals surface area contributed by atoms with Crippen LogP contribution in [-0.2, 0) is 14.3 Å². The summed E-state index contributed by atoms with van der Waals surface area (Å²) in [6, 6.07) is 8.07. The average Bonchev–Trinajstić information content (AvgIpc) is 3.39. The van der Waals surface area contributed by atoms with Gasteiger partial charge >= 0.3 is 0 Å². The van der Waals surface area contributed by atoms with E-state index in [-0.39, 0.29) is 31.0 Å². The Morgan fingerprint density at radius 2 is 1.89 bits per heavy atom. The molecule has 1 aliphatic carbocycles. The molecule has 0 unspecified atom stereocenters. The molecule has 1 aliphatic heterocycles. The number of carbonyl (C=O) groups is 1. The molecule has 3 aromatic rings. The molecule has 9 nitrogen and oxygen atoms in total. The van der Waals surface area contributed by atoms with Gasteiger partial charge in [-0.15, -0.1) is 6.58 Å². The van der Waals surface area contributed by atoms with Crippen LogP contribution in [0.3, 0.4) is 0 Å². The van der Waals surface area contributed by atoms with Gasteiger partial charge in [0.05, 0.1) is 35.7 Å². The molecule has 0 spiro atoms. The highest BCUT2D eigenvalue weighted by Gasteiger charge is 2.41. The van der Waals surface area contributed by atoms with Crippen molar-refractivity contribution in [2.75, 3.05) is 25.1 Å². The number of rotatable bonds is 8. The molecule has 1 aromatic carbocycles. The van der Waals surface area contributed by atoms with E-state index in [1.54, 1.807) is 30.5 Å². The topological polar surface area (TPSA) is 114 Å². The second kappa shape index (κ2) is 11.4. The minimum Gasteiger partial charge on any atom is -0.353 e. The number of aromatic amines is 1. The number of anilines is 1. The first kappa shape index (κ1) is 26.0. The van der Waals surface area contributed by atoms with E-state index >= 15 is 0 Å². The van der Waals surface area contributed by atoms with Crippen molar-refractivity contribution >= 4 is 11.9 Å². The molecule has 5 rings (SSSR count). The summed E-state index contributed by atoms with van der Waals surface area (Å²) in [4.78, 5) is 29.9. The molecule has 38 heavy (non-hydrogen) atoms. The lowest BCUT2D eigenvalue weighted by Crippen LogP contribution is -2.51. The first-order valence-electron chi connectivity index (χ1n) is 13.0. The van der Waals surface area contributed by atoms with Crippen LogP contribution in [0.25, 0.3) is 22.6 Å². The highest BCUT2D eigenvalue weighted by Crippen LogP contribution is 2.36. The number of hydrogen-bond acceptors (Lipinski definition) is 7. The summed E-state index contributed by atoms with van der Waals surface area (Å²) in [6.45, 7) is 6.47. The van der Waals surface area contributed by atoms with Gasteiger partial charge in [-0.2, -0.15) is 0 Å². The summed E-state index contributed by atoms with van der Waals surface area (Å²) in [5.74, 6) is 0.492. The van der Waals surface area contributed by atoms with Crippen LogP contribution in [0, 0.1) is 11.2 Å². The van der Waals surface area contributed by atoms with Gasteiger partial charge in [0.25, 0.3) is 0 Å². The lowest BCUT2D eigenvalue weighted by Gasteiger charge is -2.37. The summed E-state index contributed by atoms with van der Waals surface area (Å²) in [5, 5.41) is 6.26. The lowest BCUT2D eigenvalue weighted by molar-refractivity contribution is -0.231. The smallest absolute Gasteiger partial charge is 0.230 e. The summed E-state index contributed by atoms with van der Waals surface area (Å²) in [6.07, 6.45) is 8.12. The third-order valence-electron chi connectivity index (χ3n) is 6.97. The van der Waals surface area contributed by atoms with Gasteiger partial charge in [-0.05, 0) is 50.1 Å². The van der Waals surface area contributed by atoms with Crippen LogP contribution >= 0.6 is 0 Å². The molecule has 1 saturated carbocycles. The lowest BCUT2D eigenvalue weighted by atomic mass is 9.89. The van der Waals surface area contributed by atoms with Crippen molar-refractivity contribution in [3.8, 4) is 22.6 Å². The van der Waals surface area contributed by atoms with Crippen LogP contribution in [-0.4, -0.2) is 51.6 Å². The van der Waals surface area contributed by atoms with Crippen molar-refractivity contribution in [2.24, 2.45) is 5.41 Å². The fourth-order valence-corrected chi connectivity index (χ4v) is 4.76. The molecule has 0 atom stereocenters. The van der Waals surface area contributed by atoms with Gasteiger partial charge in [0, 0.05) is 24.3 Å². The second-order valence-electron chi connectivity index (χ2n) is 10.1. The predicted molar refractivity (Wildman–Crippen MR) is 141 cm³/mol. The zero-order valence-corrected chi connectivity index (χ0v) is 21.5. The fourth-order valence-electron chi connectivity index (χ4n) is 4.76. The quantitative estimate of drug-likeness (QED) is 0.367. The number of halogens is 1. The maximum atomic E-state index is 13.6. The van der Waals surface area contributed by atoms with E-state index < -0.39 is 11.7 Å². The molecule has 1 amide bonds. The van der Waals surface area contributed by atoms with Gasteiger partial charge in [-0.1, -0.05) is 25.3 Å². The minimum absolute atomic E-state index is 0.0458. The van der Waals surface area contributed by atoms with Crippen molar-refractivity contribution < 1.29 is 18.7 Å². The second-order valence-corrected chi connectivity index (χ2v) is 10.1. The Morgan fingerprint density at radius 1 is 1.16 bits per heavy atom. The molecule has 2 aliphatic rings. The number of imidazole rings is 1. The summed E-state index contributed by atoms with van der Waals surface area (Å²) >= 11 is 0. The molecular weight excluding hydrogens is 487 g/mol. The monoisotopic (exact) mass is 520 g/mol. The van der Waals surface area contributed by atoms with Gasteiger partial charge in [0.15, 0.2) is 5.82 Å². The largest absolute Gasteiger partial charge is 0.353 e. The Balaban J connectivity index is 1.37. The van der Waals surface area contributed by atoms with Crippen LogP contribution in [0.5, 0.6) is 0 Å². The molecule has 2 fully saturated rings. The van der Waals surface area contributed by atoms with E-state index in [1.165, 1.54) is 18.6 Å². The molecule has 3 N–H and O–H groups in total. The van der Waals surface area contributed by atoms with Crippen LogP contribution in [0.15, 0.2) is 49.2 Å². The number of benzene rings is 1. The van der Waals surface area contributed by atoms with Crippen molar-refractivity contribution in [3.05, 3.63) is 60.8 Å². The number of H-pyrrole nitrogens is 1. The fraction of sp³-hybridized carbons (Fsp3) is 0.429. The number of amides is 1. The molecule has 0 radical (unpaired) electrons. The SMILES string of the molecule is C=CCNc1nccc(-c2[nH]c(C3OCC(C)(C(=O)NC4CCCCC4)CO3)nc2-c2ccc(F)cc2)n1. The molecule has 1 saturated heterocycles. The number of hydrogen-bond donors (Lipinski definition) is 3. The number of nitrogens with one attached hydrogen (secondary N) is 3. The minimum atomic E-state index is -0.793. The molecule has 10 heteroatoms. The van der Waals surface area contributed by atoms with Crippen LogP contribution in [0.2, 0.25) is 0 Å². The van der Waals surface area contributed by atoms with Crippen molar-refractivity contribution in [2.45, 2.75) is 51.4 Å². The van der Waals surface area contributed by atoms with E-state index in [9.17, 15) is 9.18 Å². The van der Waals surface area contributed by atoms with Gasteiger partial charge in [-0.25, -0.2) is 19.3 Å². The summed E-state index contributed by atoms with van der Waals surface area (Å²) in [7, 11) is 0. The van der Waals surface area contributed by atoms with Gasteiger partial charge < -0.3 is 25.1 Å². The Kier molecular flexibility index (Phi) is 7.80. The van der Waals surface area contributed by atoms with Crippen LogP contribution in [0.1, 0.15) is 51.1 Å². The molecule has 0 bridgehead atoms. The molecule has 3 heterocycles. The standard InChI is InChI=1S/C28H33FN6O3/c1-3-14-30-27-31-15-13-21(33-27)23-22(18-9-11-19(29)12-10-18)34-24(35-23)25-37-16-28(2,17-38-25)26(36)32-20-7-5-4-6-8-20/h3,9-13,15,20,25H,1,4-8,14,16-17H2,2H3,(H,32,36)(H,34,35)(H,30,31,33). The first-order valence-corrected chi connectivity index (χ1v) is 13.0. The van der Waals surface area contributed by atoms with E-state index in [0.29, 0.717) is 41.0 Å². The zero-order chi connectivity index (χ0) is 26.5. The molecule has 2 aromatic heterocycles. The normalized spacial score (nSPS) is 22.1. The van der Waals surface area contributed by atoms with Gasteiger partial charge in [0.2, 0.25) is 18.1 Å². The maximum absolute atomic E-state index is 13.6.